The maximum atomic E-state index is 14.9. The summed E-state index contributed by atoms with van der Waals surface area (Å²) >= 11 is 0. The fraction of sp³-hybridized carbons (Fsp3) is 0.595. The summed E-state index contributed by atoms with van der Waals surface area (Å²) in [5, 5.41) is 5.39. The van der Waals surface area contributed by atoms with E-state index in [0.717, 1.165) is 63.7 Å². The van der Waals surface area contributed by atoms with Gasteiger partial charge in [-0.2, -0.15) is 0 Å². The quantitative estimate of drug-likeness (QED) is 0.202. The molecule has 3 amide bonds. The zero-order valence-corrected chi connectivity index (χ0v) is 33.9. The molecule has 6 rings (SSSR count). The second-order valence-electron chi connectivity index (χ2n) is 15.9. The summed E-state index contributed by atoms with van der Waals surface area (Å²) in [6.45, 7) is 7.05. The minimum atomic E-state index is -3.76. The van der Waals surface area contributed by atoms with E-state index in [2.05, 4.69) is 27.4 Å². The van der Waals surface area contributed by atoms with Gasteiger partial charge in [0.25, 0.3) is 5.91 Å². The minimum Gasteiger partial charge on any atom is -0.494 e. The van der Waals surface area contributed by atoms with Crippen LogP contribution in [0.15, 0.2) is 47.4 Å². The second-order valence-corrected chi connectivity index (χ2v) is 18.1. The van der Waals surface area contributed by atoms with E-state index in [1.165, 1.54) is 25.0 Å². The molecule has 0 unspecified atom stereocenters. The molecular formula is C42H55F2N5O7S. The van der Waals surface area contributed by atoms with E-state index in [9.17, 15) is 31.6 Å². The first-order valence-corrected chi connectivity index (χ1v) is 21.5. The number of methoxy groups -OCH3 is 1. The Kier molecular flexibility index (Phi) is 13.8. The van der Waals surface area contributed by atoms with E-state index in [0.29, 0.717) is 24.5 Å². The van der Waals surface area contributed by atoms with Crippen LogP contribution in [-0.4, -0.2) is 125 Å². The number of piperidine rings is 1. The third-order valence-electron chi connectivity index (χ3n) is 12.3. The molecule has 0 radical (unpaired) electrons. The Hall–Kier alpha value is -4.26. The van der Waals surface area contributed by atoms with Gasteiger partial charge >= 0.3 is 6.09 Å². The van der Waals surface area contributed by atoms with Crippen molar-refractivity contribution in [2.75, 3.05) is 66.1 Å². The zero-order chi connectivity index (χ0) is 40.7. The van der Waals surface area contributed by atoms with Crippen molar-refractivity contribution in [1.29, 1.82) is 0 Å². The van der Waals surface area contributed by atoms with Gasteiger partial charge in [0, 0.05) is 64.2 Å². The lowest BCUT2D eigenvalue weighted by Gasteiger charge is -2.50. The van der Waals surface area contributed by atoms with E-state index in [1.54, 1.807) is 37.3 Å². The number of ether oxygens (including phenoxy) is 2. The van der Waals surface area contributed by atoms with E-state index in [-0.39, 0.29) is 67.2 Å². The molecule has 3 heterocycles. The fourth-order valence-corrected chi connectivity index (χ4v) is 11.2. The molecule has 0 spiro atoms. The zero-order valence-electron chi connectivity index (χ0n) is 33.1. The van der Waals surface area contributed by atoms with Crippen LogP contribution in [0.4, 0.5) is 13.6 Å². The van der Waals surface area contributed by atoms with Crippen molar-refractivity contribution in [3.05, 3.63) is 59.4 Å². The number of alkyl carbamates (subject to hydrolysis) is 1. The number of amides is 3. The first-order valence-electron chi connectivity index (χ1n) is 20.0. The van der Waals surface area contributed by atoms with Gasteiger partial charge in [-0.25, -0.2) is 22.0 Å². The first-order chi connectivity index (χ1) is 27.3. The SMILES string of the molecule is CC#CC(=O)N1CC(S(=O)(=O)c2ccc(OCCCN3CCC([C@@](CNC(C)=O)(c4cccc(F)c4)[C@H]4CCC[C@@H]4NC(=O)OC)CC3)cc2CN2CC(F)C2)C1. The van der Waals surface area contributed by atoms with Crippen LogP contribution in [0.3, 0.4) is 0 Å². The average molecular weight is 812 g/mol. The highest BCUT2D eigenvalue weighted by molar-refractivity contribution is 7.92. The van der Waals surface area contributed by atoms with Crippen molar-refractivity contribution in [2.24, 2.45) is 11.8 Å². The Morgan fingerprint density at radius 2 is 1.75 bits per heavy atom. The molecule has 310 valence electrons. The van der Waals surface area contributed by atoms with Gasteiger partial charge in [0.1, 0.15) is 23.0 Å². The summed E-state index contributed by atoms with van der Waals surface area (Å²) in [6, 6.07) is 11.5. The van der Waals surface area contributed by atoms with Gasteiger partial charge in [-0.3, -0.25) is 14.5 Å². The maximum absolute atomic E-state index is 14.9. The summed E-state index contributed by atoms with van der Waals surface area (Å²) in [7, 11) is -2.42. The van der Waals surface area contributed by atoms with Crippen molar-refractivity contribution < 1.29 is 41.1 Å². The summed E-state index contributed by atoms with van der Waals surface area (Å²) in [6.07, 6.45) is 3.39. The molecule has 0 aromatic heterocycles. The number of nitrogens with zero attached hydrogens (tertiary/aromatic N) is 3. The number of sulfone groups is 1. The molecule has 2 N–H and O–H groups in total. The van der Waals surface area contributed by atoms with E-state index in [1.807, 2.05) is 11.0 Å². The third-order valence-corrected chi connectivity index (χ3v) is 14.5. The highest BCUT2D eigenvalue weighted by Crippen LogP contribution is 2.50. The van der Waals surface area contributed by atoms with Gasteiger partial charge in [-0.05, 0) is 111 Å². The maximum Gasteiger partial charge on any atom is 0.407 e. The monoisotopic (exact) mass is 811 g/mol. The lowest BCUT2D eigenvalue weighted by molar-refractivity contribution is -0.128. The van der Waals surface area contributed by atoms with Crippen molar-refractivity contribution in [2.45, 2.75) is 86.7 Å². The van der Waals surface area contributed by atoms with Crippen LogP contribution in [-0.2, 0) is 36.1 Å². The largest absolute Gasteiger partial charge is 0.494 e. The van der Waals surface area contributed by atoms with Crippen LogP contribution in [0.2, 0.25) is 0 Å². The Bertz CT molecular complexity index is 1940. The molecule has 1 aliphatic carbocycles. The Morgan fingerprint density at radius 3 is 2.42 bits per heavy atom. The summed E-state index contributed by atoms with van der Waals surface area (Å²) < 4.78 is 67.1. The van der Waals surface area contributed by atoms with Gasteiger partial charge in [-0.15, -0.1) is 0 Å². The predicted octanol–water partition coefficient (Wildman–Crippen LogP) is 4.07. The van der Waals surface area contributed by atoms with Gasteiger partial charge in [-0.1, -0.05) is 24.5 Å². The number of likely N-dealkylation sites (tertiary alicyclic amines) is 3. The van der Waals surface area contributed by atoms with E-state index >= 15 is 0 Å². The van der Waals surface area contributed by atoms with E-state index in [4.69, 9.17) is 9.47 Å². The predicted molar refractivity (Wildman–Crippen MR) is 210 cm³/mol. The van der Waals surface area contributed by atoms with Crippen molar-refractivity contribution in [1.82, 2.24) is 25.3 Å². The average Bonchev–Trinajstić information content (AvgIpc) is 3.61. The molecule has 2 aromatic carbocycles. The number of nitrogens with one attached hydrogen (secondary N) is 2. The Morgan fingerprint density at radius 1 is 1.00 bits per heavy atom. The molecule has 15 heteroatoms. The van der Waals surface area contributed by atoms with Crippen molar-refractivity contribution in [3.63, 3.8) is 0 Å². The highest BCUT2D eigenvalue weighted by Gasteiger charge is 2.52. The van der Waals surface area contributed by atoms with Crippen LogP contribution in [0.1, 0.15) is 63.5 Å². The number of benzene rings is 2. The summed E-state index contributed by atoms with van der Waals surface area (Å²) in [4.78, 5) is 42.8. The highest BCUT2D eigenvalue weighted by atomic mass is 32.2. The van der Waals surface area contributed by atoms with Gasteiger partial charge in [0.2, 0.25) is 5.91 Å². The fourth-order valence-electron chi connectivity index (χ4n) is 9.38. The number of rotatable bonds is 15. The second kappa shape index (κ2) is 18.6. The Balaban J connectivity index is 1.10. The molecule has 2 aromatic rings. The number of alkyl halides is 1. The van der Waals surface area contributed by atoms with Gasteiger partial charge < -0.3 is 29.9 Å². The van der Waals surface area contributed by atoms with E-state index < -0.39 is 38.7 Å². The number of halogens is 2. The molecule has 4 fully saturated rings. The molecule has 4 aliphatic rings. The summed E-state index contributed by atoms with van der Waals surface area (Å²) in [5.74, 6) is 4.70. The molecule has 12 nitrogen and oxygen atoms in total. The van der Waals surface area contributed by atoms with Crippen LogP contribution in [0, 0.1) is 29.5 Å². The van der Waals surface area contributed by atoms with Crippen LogP contribution in [0.25, 0.3) is 0 Å². The lowest BCUT2D eigenvalue weighted by atomic mass is 9.58. The van der Waals surface area contributed by atoms with Crippen LogP contribution >= 0.6 is 0 Å². The molecule has 57 heavy (non-hydrogen) atoms. The number of carbonyl (C=O) groups excluding carboxylic acids is 3. The molecule has 0 bridgehead atoms. The normalized spacial score (nSPS) is 22.0. The smallest absolute Gasteiger partial charge is 0.407 e. The lowest BCUT2D eigenvalue weighted by Crippen LogP contribution is -2.57. The van der Waals surface area contributed by atoms with Gasteiger partial charge in [0.05, 0.1) is 18.6 Å². The molecular weight excluding hydrogens is 757 g/mol. The van der Waals surface area contributed by atoms with Crippen molar-refractivity contribution >= 4 is 27.7 Å². The van der Waals surface area contributed by atoms with Crippen molar-refractivity contribution in [3.8, 4) is 17.6 Å². The van der Waals surface area contributed by atoms with Gasteiger partial charge in [0.15, 0.2) is 9.84 Å². The third kappa shape index (κ3) is 9.72. The Labute approximate surface area is 334 Å². The molecule has 1 saturated carbocycles. The molecule has 3 atom stereocenters. The first kappa shape index (κ1) is 42.3. The minimum absolute atomic E-state index is 0.0470. The standard InChI is InChI=1S/C42H55F2N5O7S/c1-4-8-40(51)49-26-36(27-49)57(53,54)39-14-13-35(21-30(39)23-48-24-34(44)25-48)56-20-7-17-47-18-15-31(16-19-47)42(28-45-29(2)50,32-9-5-10-33(43)22-32)37-11-6-12-38(37)46-41(52)55-3/h5,9-10,13-14,21-22,31,34,36-38H,6-7,11-12,15-20,23-28H2,1-3H3,(H,45,50)(H,46,52)/t37-,38-,42-/m0/s1. The molecule has 3 saturated heterocycles. The number of hydrogen-bond donors (Lipinski definition) is 2. The summed E-state index contributed by atoms with van der Waals surface area (Å²) in [5.41, 5.74) is 0.755. The van der Waals surface area contributed by atoms with Crippen LogP contribution < -0.4 is 15.4 Å². The topological polar surface area (TPSA) is 138 Å². The number of carbonyl (C=O) groups is 3. The van der Waals surface area contributed by atoms with Crippen LogP contribution in [0.5, 0.6) is 5.75 Å². The molecule has 3 aliphatic heterocycles. The number of hydrogen-bond acceptors (Lipinski definition) is 9.